The summed E-state index contributed by atoms with van der Waals surface area (Å²) in [4.78, 5) is 11.6. The van der Waals surface area contributed by atoms with Crippen LogP contribution in [0.1, 0.15) is 25.8 Å². The number of carbonyl (C=O) groups excluding carboxylic acids is 1. The summed E-state index contributed by atoms with van der Waals surface area (Å²) in [7, 11) is 1.25. The summed E-state index contributed by atoms with van der Waals surface area (Å²) < 4.78 is 4.65. The van der Waals surface area contributed by atoms with Crippen molar-refractivity contribution < 1.29 is 24.9 Å². The van der Waals surface area contributed by atoms with E-state index >= 15 is 0 Å². The van der Waals surface area contributed by atoms with E-state index in [-0.39, 0.29) is 17.1 Å². The molecule has 1 aromatic carbocycles. The van der Waals surface area contributed by atoms with Gasteiger partial charge in [-0.05, 0) is 31.0 Å². The molecule has 1 rings (SSSR count). The Morgan fingerprint density at radius 3 is 2.22 bits per heavy atom. The van der Waals surface area contributed by atoms with Crippen molar-refractivity contribution in [3.63, 3.8) is 0 Å². The number of aromatic hydroxyl groups is 2. The van der Waals surface area contributed by atoms with Crippen molar-refractivity contribution >= 4 is 5.97 Å². The van der Waals surface area contributed by atoms with Crippen molar-refractivity contribution in [3.8, 4) is 11.5 Å². The van der Waals surface area contributed by atoms with E-state index in [1.165, 1.54) is 26.2 Å². The average molecular weight is 254 g/mol. The van der Waals surface area contributed by atoms with Crippen molar-refractivity contribution in [1.82, 2.24) is 0 Å². The third kappa shape index (κ3) is 2.73. The first kappa shape index (κ1) is 14.3. The zero-order chi connectivity index (χ0) is 13.9. The molecule has 0 aliphatic heterocycles. The van der Waals surface area contributed by atoms with Gasteiger partial charge < -0.3 is 20.1 Å². The number of benzene rings is 1. The second-order valence-corrected chi connectivity index (χ2v) is 4.37. The fourth-order valence-electron chi connectivity index (χ4n) is 2.02. The summed E-state index contributed by atoms with van der Waals surface area (Å²) >= 11 is 0. The Morgan fingerprint density at radius 1 is 1.33 bits per heavy atom. The van der Waals surface area contributed by atoms with Crippen LogP contribution in [0.15, 0.2) is 18.2 Å². The van der Waals surface area contributed by atoms with Gasteiger partial charge in [-0.25, -0.2) is 0 Å². The van der Waals surface area contributed by atoms with Crippen LogP contribution in [0.2, 0.25) is 0 Å². The lowest BCUT2D eigenvalue weighted by atomic mass is 9.81. The Kier molecular flexibility index (Phi) is 4.19. The minimum atomic E-state index is -1.53. The highest BCUT2D eigenvalue weighted by atomic mass is 16.5. The van der Waals surface area contributed by atoms with Crippen LogP contribution in [-0.4, -0.2) is 28.4 Å². The number of esters is 1. The number of ether oxygens (including phenoxy) is 1. The highest BCUT2D eigenvalue weighted by molar-refractivity contribution is 5.74. The van der Waals surface area contributed by atoms with Crippen molar-refractivity contribution in [2.45, 2.75) is 25.9 Å². The van der Waals surface area contributed by atoms with Crippen LogP contribution < -0.4 is 0 Å². The summed E-state index contributed by atoms with van der Waals surface area (Å²) in [5.41, 5.74) is -1.27. The molecule has 3 N–H and O–H groups in total. The van der Waals surface area contributed by atoms with Gasteiger partial charge >= 0.3 is 5.97 Å². The minimum absolute atomic E-state index is 0.176. The molecule has 5 heteroatoms. The quantitative estimate of drug-likeness (QED) is 0.709. The molecule has 0 heterocycles. The second kappa shape index (κ2) is 5.27. The van der Waals surface area contributed by atoms with Crippen molar-refractivity contribution in [2.24, 2.45) is 5.92 Å². The molecule has 1 aromatic rings. The van der Waals surface area contributed by atoms with Gasteiger partial charge in [0.25, 0.3) is 0 Å². The van der Waals surface area contributed by atoms with Gasteiger partial charge in [0.1, 0.15) is 17.1 Å². The van der Waals surface area contributed by atoms with Crippen molar-refractivity contribution in [2.75, 3.05) is 7.11 Å². The van der Waals surface area contributed by atoms with E-state index < -0.39 is 17.5 Å². The summed E-state index contributed by atoms with van der Waals surface area (Å²) in [6.07, 6.45) is 0.371. The van der Waals surface area contributed by atoms with E-state index in [9.17, 15) is 20.1 Å². The number of hydrogen-bond acceptors (Lipinski definition) is 5. The van der Waals surface area contributed by atoms with Crippen molar-refractivity contribution in [1.29, 1.82) is 0 Å². The van der Waals surface area contributed by atoms with Gasteiger partial charge in [0.05, 0.1) is 13.0 Å². The molecule has 0 aromatic heterocycles. The molecule has 0 amide bonds. The van der Waals surface area contributed by atoms with E-state index in [1.54, 1.807) is 6.92 Å². The van der Waals surface area contributed by atoms with Gasteiger partial charge in [-0.1, -0.05) is 6.92 Å². The molecule has 2 atom stereocenters. The highest BCUT2D eigenvalue weighted by Gasteiger charge is 2.38. The topological polar surface area (TPSA) is 87.0 Å². The Morgan fingerprint density at radius 2 is 1.83 bits per heavy atom. The maximum Gasteiger partial charge on any atom is 0.311 e. The minimum Gasteiger partial charge on any atom is -0.508 e. The Hall–Kier alpha value is -1.75. The van der Waals surface area contributed by atoms with Crippen LogP contribution in [-0.2, 0) is 15.1 Å². The molecule has 5 nitrogen and oxygen atoms in total. The maximum atomic E-state index is 11.6. The molecule has 0 saturated heterocycles. The normalized spacial score (nSPS) is 15.8. The molecule has 0 saturated carbocycles. The second-order valence-electron chi connectivity index (χ2n) is 4.37. The Labute approximate surface area is 106 Å². The van der Waals surface area contributed by atoms with E-state index in [1.807, 2.05) is 0 Å². The smallest absolute Gasteiger partial charge is 0.311 e. The average Bonchev–Trinajstić information content (AvgIpc) is 2.28. The van der Waals surface area contributed by atoms with Crippen LogP contribution in [0.25, 0.3) is 0 Å². The molecular weight excluding hydrogens is 236 g/mol. The number of rotatable bonds is 4. The predicted molar refractivity (Wildman–Crippen MR) is 65.1 cm³/mol. The number of hydrogen-bond donors (Lipinski definition) is 3. The van der Waals surface area contributed by atoms with E-state index in [4.69, 9.17) is 0 Å². The van der Waals surface area contributed by atoms with Crippen molar-refractivity contribution in [3.05, 3.63) is 23.8 Å². The lowest BCUT2D eigenvalue weighted by Gasteiger charge is -2.31. The molecule has 0 fully saturated rings. The fraction of sp³-hybridized carbons (Fsp3) is 0.462. The van der Waals surface area contributed by atoms with Gasteiger partial charge in [-0.3, -0.25) is 4.79 Å². The Bertz CT molecular complexity index is 419. The zero-order valence-corrected chi connectivity index (χ0v) is 10.7. The van der Waals surface area contributed by atoms with Gasteiger partial charge in [-0.2, -0.15) is 0 Å². The first-order chi connectivity index (χ1) is 8.32. The molecule has 100 valence electrons. The molecule has 0 radical (unpaired) electrons. The number of phenols is 2. The van der Waals surface area contributed by atoms with Gasteiger partial charge in [0, 0.05) is 6.07 Å². The van der Waals surface area contributed by atoms with Gasteiger partial charge in [-0.15, -0.1) is 0 Å². The summed E-state index contributed by atoms with van der Waals surface area (Å²) in [6.45, 7) is 3.20. The first-order valence-electron chi connectivity index (χ1n) is 5.66. The zero-order valence-electron chi connectivity index (χ0n) is 10.7. The van der Waals surface area contributed by atoms with E-state index in [0.717, 1.165) is 6.07 Å². The molecule has 2 unspecified atom stereocenters. The van der Waals surface area contributed by atoms with Crippen LogP contribution in [0, 0.1) is 5.92 Å². The van der Waals surface area contributed by atoms with Crippen LogP contribution in [0.4, 0.5) is 0 Å². The maximum absolute atomic E-state index is 11.6. The SMILES string of the molecule is CCC(C(=O)OC)C(C)(O)c1cc(O)cc(O)c1. The number of aliphatic hydroxyl groups is 1. The van der Waals surface area contributed by atoms with Crippen LogP contribution >= 0.6 is 0 Å². The summed E-state index contributed by atoms with van der Waals surface area (Å²) in [5.74, 6) is -1.66. The van der Waals surface area contributed by atoms with Gasteiger partial charge in [0.15, 0.2) is 0 Å². The van der Waals surface area contributed by atoms with Crippen LogP contribution in [0.3, 0.4) is 0 Å². The lowest BCUT2D eigenvalue weighted by molar-refractivity contribution is -0.155. The third-order valence-electron chi connectivity index (χ3n) is 3.06. The Balaban J connectivity index is 3.21. The van der Waals surface area contributed by atoms with Gasteiger partial charge in [0.2, 0.25) is 0 Å². The predicted octanol–water partition coefficient (Wildman–Crippen LogP) is 1.50. The number of methoxy groups -OCH3 is 1. The summed E-state index contributed by atoms with van der Waals surface area (Å²) in [5, 5.41) is 29.3. The molecule has 18 heavy (non-hydrogen) atoms. The third-order valence-corrected chi connectivity index (χ3v) is 3.06. The van der Waals surface area contributed by atoms with E-state index in [0.29, 0.717) is 6.42 Å². The highest BCUT2D eigenvalue weighted by Crippen LogP contribution is 2.36. The standard InChI is InChI=1S/C13H18O5/c1-4-11(12(16)18-3)13(2,17)8-5-9(14)7-10(15)6-8/h5-7,11,14-15,17H,4H2,1-3H3. The molecule has 0 spiro atoms. The number of carbonyl (C=O) groups is 1. The largest absolute Gasteiger partial charge is 0.508 e. The van der Waals surface area contributed by atoms with E-state index in [2.05, 4.69) is 4.74 Å². The lowest BCUT2D eigenvalue weighted by Crippen LogP contribution is -2.37. The molecule has 0 bridgehead atoms. The van der Waals surface area contributed by atoms with Crippen LogP contribution in [0.5, 0.6) is 11.5 Å². The number of phenolic OH excluding ortho intramolecular Hbond substituents is 2. The fourth-order valence-corrected chi connectivity index (χ4v) is 2.02. The first-order valence-corrected chi connectivity index (χ1v) is 5.66. The molecule has 0 aliphatic rings. The molecular formula is C13H18O5. The summed E-state index contributed by atoms with van der Waals surface area (Å²) in [6, 6.07) is 3.77. The molecule has 0 aliphatic carbocycles. The monoisotopic (exact) mass is 254 g/mol.